The number of hydrogen-bond donors (Lipinski definition) is 2. The predicted octanol–water partition coefficient (Wildman–Crippen LogP) is 3.25. The number of nitrogens with one attached hydrogen (secondary N) is 1. The number of nitrogens with two attached hydrogens (primary N) is 1. The average molecular weight is 440 g/mol. The van der Waals surface area contributed by atoms with Gasteiger partial charge in [0.15, 0.2) is 5.82 Å². The molecule has 3 aliphatic rings. The van der Waals surface area contributed by atoms with Gasteiger partial charge in [0, 0.05) is 32.8 Å². The zero-order chi connectivity index (χ0) is 21.8. The fraction of sp³-hybridized carbons (Fsp3) is 0.565. The molecule has 3 fully saturated rings. The summed E-state index contributed by atoms with van der Waals surface area (Å²) in [5, 5.41) is 3.58. The van der Waals surface area contributed by atoms with Crippen molar-refractivity contribution < 1.29 is 10.9 Å². The van der Waals surface area contributed by atoms with Gasteiger partial charge >= 0.3 is 6.01 Å². The Morgan fingerprint density at radius 1 is 1.12 bits per heavy atom. The number of morpholine rings is 1. The van der Waals surface area contributed by atoms with Crippen molar-refractivity contribution in [2.75, 3.05) is 36.5 Å². The van der Waals surface area contributed by atoms with Crippen molar-refractivity contribution in [3.63, 3.8) is 0 Å². The minimum Gasteiger partial charge on any atom is -0.460 e. The molecule has 32 heavy (non-hydrogen) atoms. The van der Waals surface area contributed by atoms with Crippen LogP contribution < -0.4 is 20.7 Å². The largest absolute Gasteiger partial charge is 0.460 e. The van der Waals surface area contributed by atoms with Gasteiger partial charge < -0.3 is 25.4 Å². The smallest absolute Gasteiger partial charge is 0.320 e. The van der Waals surface area contributed by atoms with Crippen LogP contribution in [0.25, 0.3) is 0 Å². The Bertz CT molecular complexity index is 925. The molecule has 0 aromatic carbocycles. The highest BCUT2D eigenvalue weighted by Crippen LogP contribution is 2.39. The fourth-order valence-electron chi connectivity index (χ4n) is 4.38. The maximum Gasteiger partial charge on any atom is 0.320 e. The third kappa shape index (κ3) is 5.27. The Morgan fingerprint density at radius 3 is 2.62 bits per heavy atom. The van der Waals surface area contributed by atoms with E-state index < -0.39 is 0 Å². The molecule has 0 unspecified atom stereocenters. The first kappa shape index (κ1) is 20.9. The molecule has 0 atom stereocenters. The maximum atomic E-state index is 6.18. The molecule has 3 N–H and O–H groups in total. The summed E-state index contributed by atoms with van der Waals surface area (Å²) < 4.78 is 11.6. The number of aliphatic imine (C=N–C) groups is 1. The summed E-state index contributed by atoms with van der Waals surface area (Å²) in [6.07, 6.45) is 9.90. The third-order valence-electron chi connectivity index (χ3n) is 6.35. The van der Waals surface area contributed by atoms with Crippen molar-refractivity contribution in [3.05, 3.63) is 30.0 Å². The van der Waals surface area contributed by atoms with Crippen LogP contribution in [0.3, 0.4) is 0 Å². The Morgan fingerprint density at radius 2 is 1.94 bits per heavy atom. The molecule has 2 aromatic heterocycles. The van der Waals surface area contributed by atoms with Gasteiger partial charge in [-0.15, -0.1) is 0 Å². The van der Waals surface area contributed by atoms with E-state index in [1.165, 1.54) is 24.7 Å². The monoisotopic (exact) mass is 439 g/mol. The van der Waals surface area contributed by atoms with Gasteiger partial charge in [0.1, 0.15) is 17.7 Å². The Balaban J connectivity index is 0.00000259. The van der Waals surface area contributed by atoms with Crippen LogP contribution in [-0.2, 0) is 4.74 Å². The lowest BCUT2D eigenvalue weighted by molar-refractivity contribution is 0.121. The normalized spacial score (nSPS) is 23.9. The fourth-order valence-corrected chi connectivity index (χ4v) is 4.38. The standard InChI is InChI=1S/C23H31N7O2.H2/c24-15-26-21-13-22(30-9-11-31-12-10-30)29-23(28-21)32-19-6-4-18(5-7-19)27-20-8-3-17(14-25-20)16-1-2-16;/h3,8,13-16,18-19H,1-2,4-7,9-12H2,(H,25,27)(H2,24,26,28,29);1H. The molecular weight excluding hydrogens is 406 g/mol. The molecule has 1 saturated heterocycles. The number of nitrogens with zero attached hydrogens (tertiary/aromatic N) is 5. The summed E-state index contributed by atoms with van der Waals surface area (Å²) in [7, 11) is 0. The highest BCUT2D eigenvalue weighted by Gasteiger charge is 2.26. The molecule has 0 amide bonds. The Labute approximate surface area is 189 Å². The molecule has 2 saturated carbocycles. The molecule has 2 aliphatic carbocycles. The zero-order valence-corrected chi connectivity index (χ0v) is 18.3. The van der Waals surface area contributed by atoms with E-state index in [1.54, 1.807) is 0 Å². The van der Waals surface area contributed by atoms with Gasteiger partial charge in [0.25, 0.3) is 0 Å². The van der Waals surface area contributed by atoms with Gasteiger partial charge in [0.05, 0.1) is 19.6 Å². The molecule has 1 aliphatic heterocycles. The molecule has 9 nitrogen and oxygen atoms in total. The van der Waals surface area contributed by atoms with Gasteiger partial charge in [-0.2, -0.15) is 9.97 Å². The predicted molar refractivity (Wildman–Crippen MR) is 126 cm³/mol. The summed E-state index contributed by atoms with van der Waals surface area (Å²) in [6, 6.07) is 6.93. The van der Waals surface area contributed by atoms with Crippen molar-refractivity contribution in [1.82, 2.24) is 15.0 Å². The highest BCUT2D eigenvalue weighted by molar-refractivity contribution is 5.59. The summed E-state index contributed by atoms with van der Waals surface area (Å²) >= 11 is 0. The number of pyridine rings is 1. The number of anilines is 2. The molecule has 0 spiro atoms. The van der Waals surface area contributed by atoms with Crippen LogP contribution >= 0.6 is 0 Å². The van der Waals surface area contributed by atoms with E-state index in [9.17, 15) is 0 Å². The van der Waals surface area contributed by atoms with E-state index in [1.807, 2.05) is 12.3 Å². The second-order valence-electron chi connectivity index (χ2n) is 8.73. The van der Waals surface area contributed by atoms with E-state index in [0.717, 1.165) is 56.3 Å². The summed E-state index contributed by atoms with van der Waals surface area (Å²) in [4.78, 5) is 20.0. The second kappa shape index (κ2) is 9.68. The second-order valence-corrected chi connectivity index (χ2v) is 8.73. The topological polar surface area (TPSA) is 111 Å². The lowest BCUT2D eigenvalue weighted by Gasteiger charge is -2.30. The van der Waals surface area contributed by atoms with Crippen LogP contribution in [0, 0.1) is 0 Å². The molecule has 3 heterocycles. The first-order valence-corrected chi connectivity index (χ1v) is 11.6. The quantitative estimate of drug-likeness (QED) is 0.500. The van der Waals surface area contributed by atoms with Crippen LogP contribution in [-0.4, -0.2) is 59.7 Å². The Hall–Kier alpha value is -2.94. The van der Waals surface area contributed by atoms with Crippen molar-refractivity contribution in [2.45, 2.75) is 56.6 Å². The van der Waals surface area contributed by atoms with Crippen LogP contribution in [0.1, 0.15) is 51.4 Å². The molecule has 172 valence electrons. The molecular formula is C23H33N7O2. The first-order chi connectivity index (χ1) is 15.8. The minimum absolute atomic E-state index is 0. The molecule has 0 radical (unpaired) electrons. The van der Waals surface area contributed by atoms with Gasteiger partial charge in [-0.3, -0.25) is 0 Å². The molecule has 5 rings (SSSR count). The summed E-state index contributed by atoms with van der Waals surface area (Å²) in [5.74, 6) is 3.01. The van der Waals surface area contributed by atoms with Crippen molar-refractivity contribution >= 4 is 23.8 Å². The van der Waals surface area contributed by atoms with E-state index >= 15 is 0 Å². The number of rotatable bonds is 7. The van der Waals surface area contributed by atoms with E-state index in [4.69, 9.17) is 15.2 Å². The van der Waals surface area contributed by atoms with Gasteiger partial charge in [-0.05, 0) is 56.1 Å². The first-order valence-electron chi connectivity index (χ1n) is 11.6. The van der Waals surface area contributed by atoms with Crippen LogP contribution in [0.5, 0.6) is 6.01 Å². The third-order valence-corrected chi connectivity index (χ3v) is 6.35. The summed E-state index contributed by atoms with van der Waals surface area (Å²) in [5.41, 5.74) is 6.86. The van der Waals surface area contributed by atoms with Crippen LogP contribution in [0.15, 0.2) is 29.4 Å². The Kier molecular flexibility index (Phi) is 6.34. The highest BCUT2D eigenvalue weighted by atomic mass is 16.5. The van der Waals surface area contributed by atoms with Crippen molar-refractivity contribution in [2.24, 2.45) is 10.7 Å². The average Bonchev–Trinajstić information content (AvgIpc) is 3.67. The summed E-state index contributed by atoms with van der Waals surface area (Å²) in [6.45, 7) is 2.94. The lowest BCUT2D eigenvalue weighted by atomic mass is 9.93. The maximum absolute atomic E-state index is 6.18. The van der Waals surface area contributed by atoms with E-state index in [2.05, 4.69) is 42.3 Å². The number of ether oxygens (including phenoxy) is 2. The molecule has 2 aromatic rings. The van der Waals surface area contributed by atoms with Crippen molar-refractivity contribution in [3.8, 4) is 6.01 Å². The number of hydrogen-bond acceptors (Lipinski definition) is 8. The van der Waals surface area contributed by atoms with E-state index in [0.29, 0.717) is 31.1 Å². The zero-order valence-electron chi connectivity index (χ0n) is 18.3. The molecule has 0 bridgehead atoms. The van der Waals surface area contributed by atoms with Crippen molar-refractivity contribution in [1.29, 1.82) is 0 Å². The molecule has 9 heteroatoms. The van der Waals surface area contributed by atoms with E-state index in [-0.39, 0.29) is 7.53 Å². The lowest BCUT2D eigenvalue weighted by Crippen LogP contribution is -2.37. The van der Waals surface area contributed by atoms with Gasteiger partial charge in [-0.1, -0.05) is 6.07 Å². The van der Waals surface area contributed by atoms with Gasteiger partial charge in [-0.25, -0.2) is 9.98 Å². The van der Waals surface area contributed by atoms with Crippen LogP contribution in [0.4, 0.5) is 17.5 Å². The van der Waals surface area contributed by atoms with Gasteiger partial charge in [0.2, 0.25) is 0 Å². The SMILES string of the molecule is N/C=N\c1cc(N2CCOCC2)nc(OC2CCC(Nc3ccc(C4CC4)cn3)CC2)n1.[HH]. The minimum atomic E-state index is 0. The van der Waals surface area contributed by atoms with Crippen LogP contribution in [0.2, 0.25) is 0 Å². The number of aromatic nitrogens is 3.